The van der Waals surface area contributed by atoms with Crippen LogP contribution < -0.4 is 45.5 Å². The summed E-state index contributed by atoms with van der Waals surface area (Å²) in [5.41, 5.74) is 4.07. The molecule has 2 amide bonds. The number of amides is 2. The number of nitrogens with zero attached hydrogens (tertiary/aromatic N) is 9. The summed E-state index contributed by atoms with van der Waals surface area (Å²) in [6, 6.07) is 19.1. The van der Waals surface area contributed by atoms with Gasteiger partial charge < -0.3 is 46.6 Å². The van der Waals surface area contributed by atoms with Crippen molar-refractivity contribution in [1.29, 1.82) is 0 Å². The summed E-state index contributed by atoms with van der Waals surface area (Å²) < 4.78 is 19.2. The SMILES string of the molecule is C.C.CC(=O)OOC(C)=O.Cc1nnc([C@@H](NC(=O)c2nc(-c3ccccc3)n3c2CN(C)CC3)C(C)(C)C)o1.Cc1nnc([C@@H](NC(=O)c2nc(-c3ccccc3)n3c2CNCC3)C(C)(C)C)o1.[B-]OC(C)=O.[Na+]. The molecule has 0 aliphatic carbocycles. The van der Waals surface area contributed by atoms with Gasteiger partial charge in [0.1, 0.15) is 23.7 Å². The Morgan fingerprint density at radius 3 is 1.40 bits per heavy atom. The van der Waals surface area contributed by atoms with E-state index in [0.29, 0.717) is 48.0 Å². The second-order valence-corrected chi connectivity index (χ2v) is 19.0. The van der Waals surface area contributed by atoms with E-state index in [4.69, 9.17) is 18.8 Å². The number of likely N-dealkylation sites (N-methyl/N-ethyl adjacent to an activating group) is 1. The Balaban J connectivity index is 0.000000403. The molecular weight excluding hydrogens is 974 g/mol. The Kier molecular flexibility index (Phi) is 24.9. The van der Waals surface area contributed by atoms with E-state index in [2.05, 4.69) is 79.9 Å². The number of carbonyl (C=O) groups excluding carboxylic acids is 5. The molecule has 0 fully saturated rings. The number of nitrogens with one attached hydrogen (secondary N) is 3. The van der Waals surface area contributed by atoms with Gasteiger partial charge in [0.05, 0.1) is 11.4 Å². The van der Waals surface area contributed by atoms with E-state index in [0.717, 1.165) is 74.2 Å². The summed E-state index contributed by atoms with van der Waals surface area (Å²) in [6.07, 6.45) is 0. The quantitative estimate of drug-likeness (QED) is 0.110. The summed E-state index contributed by atoms with van der Waals surface area (Å²) >= 11 is 0. The van der Waals surface area contributed by atoms with Gasteiger partial charge in [0.2, 0.25) is 29.5 Å². The molecule has 6 heterocycles. The van der Waals surface area contributed by atoms with Crippen molar-refractivity contribution in [2.24, 2.45) is 10.8 Å². The van der Waals surface area contributed by atoms with Crippen molar-refractivity contribution in [3.05, 3.63) is 107 Å². The molecule has 0 bridgehead atoms. The van der Waals surface area contributed by atoms with Crippen molar-refractivity contribution in [1.82, 2.24) is 60.3 Å². The summed E-state index contributed by atoms with van der Waals surface area (Å²) in [5, 5.41) is 25.6. The van der Waals surface area contributed by atoms with E-state index in [9.17, 15) is 24.0 Å². The smallest absolute Gasteiger partial charge is 0.793 e. The van der Waals surface area contributed by atoms with Crippen molar-refractivity contribution >= 4 is 37.8 Å². The molecule has 0 unspecified atom stereocenters. The normalized spacial score (nSPS) is 13.3. The van der Waals surface area contributed by atoms with Crippen LogP contribution in [-0.4, -0.2) is 102 Å². The van der Waals surface area contributed by atoms with Crippen LogP contribution in [0.15, 0.2) is 69.5 Å². The molecule has 22 nitrogen and oxygen atoms in total. The van der Waals surface area contributed by atoms with E-state index in [1.165, 1.54) is 6.92 Å². The van der Waals surface area contributed by atoms with Crippen molar-refractivity contribution in [2.45, 2.75) is 129 Å². The molecule has 0 saturated heterocycles. The third-order valence-electron chi connectivity index (χ3n) is 10.9. The fourth-order valence-electron chi connectivity index (χ4n) is 7.45. The maximum absolute atomic E-state index is 13.4. The van der Waals surface area contributed by atoms with Crippen LogP contribution in [0.4, 0.5) is 0 Å². The minimum atomic E-state index is -0.639. The predicted octanol–water partition coefficient (Wildman–Crippen LogP) is 4.00. The number of rotatable bonds is 8. The van der Waals surface area contributed by atoms with Crippen LogP contribution in [0.3, 0.4) is 0 Å². The van der Waals surface area contributed by atoms with E-state index < -0.39 is 30.0 Å². The second-order valence-electron chi connectivity index (χ2n) is 19.0. The average Bonchev–Trinajstić information content (AvgIpc) is 4.15. The van der Waals surface area contributed by atoms with E-state index in [1.807, 2.05) is 102 Å². The van der Waals surface area contributed by atoms with Gasteiger partial charge in [0.25, 0.3) is 11.8 Å². The van der Waals surface area contributed by atoms with Crippen molar-refractivity contribution in [3.63, 3.8) is 0 Å². The first-order valence-electron chi connectivity index (χ1n) is 23.1. The molecule has 6 aromatic rings. The molecule has 3 N–H and O–H groups in total. The van der Waals surface area contributed by atoms with Gasteiger partial charge in [-0.2, -0.15) is 0 Å². The minimum Gasteiger partial charge on any atom is -0.793 e. The van der Waals surface area contributed by atoms with Crippen LogP contribution in [0.25, 0.3) is 22.8 Å². The van der Waals surface area contributed by atoms with Crippen molar-refractivity contribution < 1.29 is 76.8 Å². The maximum atomic E-state index is 13.4. The maximum Gasteiger partial charge on any atom is 1.00 e. The molecule has 2 atom stereocenters. The summed E-state index contributed by atoms with van der Waals surface area (Å²) in [5.74, 6) is 1.17. The standard InChI is InChI=1S/C22H28N6O2.C21H26N6O2.C4H6O4.C2H3BO2.2CH4.Na/c1-14-25-26-21(30-14)18(22(2,3)4)24-20(29)17-16-13-27(5)11-12-28(16)19(23-17)15-9-7-6-8-10-15;1-13-25-26-20(29-13)17(21(2,3)4)24-19(28)16-15-12-22-10-11-27(15)18(23-16)14-8-6-5-7-9-14;1-3(5)7-8-4(2)6;1-2(4)5-3;;;/h6-10,18H,11-13H2,1-5H3,(H,24,29);5-9,17,22H,10-12H2,1-4H3,(H,24,28);1-2H3;1H3;2*1H4;/q;;;-1;;;+1/t18-;17-;;;;;/m11...../s1. The first kappa shape index (κ1) is 64.6. The van der Waals surface area contributed by atoms with Crippen LogP contribution in [0.2, 0.25) is 0 Å². The van der Waals surface area contributed by atoms with Crippen molar-refractivity contribution in [2.75, 3.05) is 20.1 Å². The molecule has 4 aromatic heterocycles. The molecule has 75 heavy (non-hydrogen) atoms. The fourth-order valence-corrected chi connectivity index (χ4v) is 7.45. The zero-order valence-electron chi connectivity index (χ0n) is 43.9. The van der Waals surface area contributed by atoms with Crippen LogP contribution >= 0.6 is 0 Å². The molecule has 2 aliphatic heterocycles. The summed E-state index contributed by atoms with van der Waals surface area (Å²) in [4.78, 5) is 75.2. The number of benzene rings is 2. The monoisotopic (exact) mass is 1050 g/mol. The van der Waals surface area contributed by atoms with Gasteiger partial charge in [-0.1, -0.05) is 117 Å². The number of carbonyl (C=O) groups is 5. The second kappa shape index (κ2) is 29.0. The number of hydrogen-bond acceptors (Lipinski definition) is 18. The Morgan fingerprint density at radius 2 is 1.04 bits per heavy atom. The summed E-state index contributed by atoms with van der Waals surface area (Å²) in [6.45, 7) is 23.8. The molecule has 24 heteroatoms. The van der Waals surface area contributed by atoms with Crippen LogP contribution in [0, 0.1) is 24.7 Å². The van der Waals surface area contributed by atoms with Gasteiger partial charge in [0, 0.05) is 85.0 Å². The summed E-state index contributed by atoms with van der Waals surface area (Å²) in [7, 11) is 6.38. The van der Waals surface area contributed by atoms with Gasteiger partial charge >= 0.3 is 41.5 Å². The van der Waals surface area contributed by atoms with E-state index in [-0.39, 0.29) is 67.1 Å². The molecule has 399 valence electrons. The van der Waals surface area contributed by atoms with Gasteiger partial charge in [-0.15, -0.1) is 20.4 Å². The first-order chi connectivity index (χ1) is 34.0. The zero-order valence-corrected chi connectivity index (χ0v) is 45.9. The van der Waals surface area contributed by atoms with Crippen molar-refractivity contribution in [3.8, 4) is 22.8 Å². The number of fused-ring (bicyclic) bond motifs is 2. The molecule has 2 aliphatic rings. The van der Waals surface area contributed by atoms with E-state index in [1.54, 1.807) is 13.8 Å². The predicted molar refractivity (Wildman–Crippen MR) is 275 cm³/mol. The third-order valence-corrected chi connectivity index (χ3v) is 10.9. The fraction of sp³-hybridized carbons (Fsp3) is 0.471. The third kappa shape index (κ3) is 18.1. The van der Waals surface area contributed by atoms with Gasteiger partial charge in [0.15, 0.2) is 11.4 Å². The van der Waals surface area contributed by atoms with Crippen LogP contribution in [0.1, 0.15) is 145 Å². The van der Waals surface area contributed by atoms with Crippen LogP contribution in [0.5, 0.6) is 0 Å². The average molecular weight is 1050 g/mol. The number of hydrogen-bond donors (Lipinski definition) is 3. The first-order valence-corrected chi connectivity index (χ1v) is 23.1. The largest absolute Gasteiger partial charge is 1.00 e. The molecule has 0 saturated carbocycles. The minimum absolute atomic E-state index is 0. The topological polar surface area (TPSA) is 266 Å². The Bertz CT molecular complexity index is 2790. The molecule has 8 rings (SSSR count). The van der Waals surface area contributed by atoms with E-state index >= 15 is 0 Å². The Hall–Kier alpha value is -6.53. The number of imidazole rings is 2. The number of aromatic nitrogens is 8. The molecular formula is C51H71BN12NaO10. The van der Waals surface area contributed by atoms with Gasteiger partial charge in [-0.05, 0) is 17.9 Å². The van der Waals surface area contributed by atoms with Gasteiger partial charge in [-0.3, -0.25) is 19.3 Å². The zero-order chi connectivity index (χ0) is 52.9. The molecule has 3 radical (unpaired) electrons. The Morgan fingerprint density at radius 1 is 0.640 bits per heavy atom. The Labute approximate surface area is 462 Å². The molecule has 2 aromatic carbocycles. The van der Waals surface area contributed by atoms with Gasteiger partial charge in [-0.25, -0.2) is 29.3 Å². The molecule has 0 spiro atoms. The number of aryl methyl sites for hydroxylation is 2. The van der Waals surface area contributed by atoms with Crippen LogP contribution in [-0.2, 0) is 55.0 Å².